The van der Waals surface area contributed by atoms with Crippen molar-refractivity contribution in [1.82, 2.24) is 9.55 Å². The van der Waals surface area contributed by atoms with Gasteiger partial charge in [-0.05, 0) is 38.9 Å². The summed E-state index contributed by atoms with van der Waals surface area (Å²) in [6.45, 7) is -0.111. The number of aliphatic hydroxyl groups excluding tert-OH is 1. The number of aromatic amines is 1. The maximum absolute atomic E-state index is 14.1. The molecule has 0 spiro atoms. The van der Waals surface area contributed by atoms with Crippen LogP contribution in [-0.4, -0.2) is 39.6 Å². The first kappa shape index (κ1) is 40.5. The summed E-state index contributed by atoms with van der Waals surface area (Å²) in [7, 11) is 0. The van der Waals surface area contributed by atoms with Gasteiger partial charge in [0.1, 0.15) is 29.5 Å². The van der Waals surface area contributed by atoms with Crippen molar-refractivity contribution in [2.45, 2.75) is 42.2 Å². The van der Waals surface area contributed by atoms with Crippen molar-refractivity contribution in [3.63, 3.8) is 0 Å². The number of ether oxygens (including phenoxy) is 3. The van der Waals surface area contributed by atoms with Crippen LogP contribution in [0, 0.1) is 0 Å². The summed E-state index contributed by atoms with van der Waals surface area (Å²) in [4.78, 5) is 30.0. The van der Waals surface area contributed by atoms with Gasteiger partial charge in [-0.3, -0.25) is 14.3 Å². The van der Waals surface area contributed by atoms with Gasteiger partial charge in [0, 0.05) is 18.2 Å². The first-order valence-electron chi connectivity index (χ1n) is 20.8. The van der Waals surface area contributed by atoms with Gasteiger partial charge in [-0.15, -0.1) is 0 Å². The largest absolute Gasteiger partial charge is 0.387 e. The first-order valence-corrected chi connectivity index (χ1v) is 20.8. The molecule has 0 unspecified atom stereocenters. The third kappa shape index (κ3) is 7.77. The molecule has 1 aromatic heterocycles. The zero-order valence-electron chi connectivity index (χ0n) is 33.9. The molecular formula is C54H46N2O6. The van der Waals surface area contributed by atoms with Crippen molar-refractivity contribution in [3.8, 4) is 0 Å². The second-order valence-corrected chi connectivity index (χ2v) is 15.5. The highest BCUT2D eigenvalue weighted by atomic mass is 16.6. The topological polar surface area (TPSA) is 103 Å². The van der Waals surface area contributed by atoms with Gasteiger partial charge in [-0.2, -0.15) is 0 Å². The van der Waals surface area contributed by atoms with E-state index in [-0.39, 0.29) is 13.0 Å². The third-order valence-electron chi connectivity index (χ3n) is 11.7. The molecule has 8 nitrogen and oxygen atoms in total. The summed E-state index contributed by atoms with van der Waals surface area (Å²) in [5.74, 6) is 0. The van der Waals surface area contributed by atoms with E-state index in [1.165, 1.54) is 10.8 Å². The van der Waals surface area contributed by atoms with E-state index in [9.17, 15) is 14.7 Å². The molecule has 0 aliphatic carbocycles. The van der Waals surface area contributed by atoms with Crippen LogP contribution in [0.3, 0.4) is 0 Å². The standard InChI is InChI=1S/C54H46N2O6/c57-48-47(38-60-53(41-24-10-2-11-25-41,42-26-12-3-13-27-42)43-28-14-4-15-29-43)61-51(56-37-40(50(58)55-52(56)59)36-39-22-8-1-9-23-39)49(48)62-54(44-30-16-5-17-31-44,45-32-18-6-19-33-45)46-34-20-7-21-35-46/h1-35,37,47-49,51,57H,36,38H2,(H,55,58,59)/t47-,48-,49-,51-/m1/s1. The lowest BCUT2D eigenvalue weighted by Gasteiger charge is -2.40. The molecule has 0 bridgehead atoms. The Balaban J connectivity index is 1.20. The second kappa shape index (κ2) is 18.0. The maximum atomic E-state index is 14.1. The molecule has 8 heteroatoms. The van der Waals surface area contributed by atoms with E-state index in [0.29, 0.717) is 5.56 Å². The van der Waals surface area contributed by atoms with Crippen LogP contribution in [0.25, 0.3) is 0 Å². The average molecular weight is 819 g/mol. The Bertz CT molecular complexity index is 2590. The number of hydrogen-bond acceptors (Lipinski definition) is 6. The van der Waals surface area contributed by atoms with Crippen LogP contribution in [0.5, 0.6) is 0 Å². The summed E-state index contributed by atoms with van der Waals surface area (Å²) < 4.78 is 23.0. The molecule has 0 saturated carbocycles. The summed E-state index contributed by atoms with van der Waals surface area (Å²) in [5, 5.41) is 12.8. The highest BCUT2D eigenvalue weighted by Gasteiger charge is 2.52. The molecule has 9 rings (SSSR count). The number of nitrogens with zero attached hydrogens (tertiary/aromatic N) is 1. The molecule has 1 aliphatic rings. The number of aromatic nitrogens is 2. The van der Waals surface area contributed by atoms with Gasteiger partial charge in [-0.25, -0.2) is 4.79 Å². The number of benzene rings is 7. The van der Waals surface area contributed by atoms with Crippen LogP contribution in [0.15, 0.2) is 228 Å². The van der Waals surface area contributed by atoms with Gasteiger partial charge in [0.2, 0.25) is 0 Å². The molecular weight excluding hydrogens is 773 g/mol. The van der Waals surface area contributed by atoms with E-state index in [1.54, 1.807) is 0 Å². The van der Waals surface area contributed by atoms with Crippen LogP contribution in [0.4, 0.5) is 0 Å². The Morgan fingerprint density at radius 1 is 0.532 bits per heavy atom. The minimum absolute atomic E-state index is 0.111. The van der Waals surface area contributed by atoms with E-state index in [4.69, 9.17) is 14.2 Å². The van der Waals surface area contributed by atoms with Crippen molar-refractivity contribution in [2.75, 3.05) is 6.61 Å². The number of hydrogen-bond donors (Lipinski definition) is 2. The fourth-order valence-corrected chi connectivity index (χ4v) is 8.77. The summed E-state index contributed by atoms with van der Waals surface area (Å²) in [5.41, 5.74) is 2.68. The second-order valence-electron chi connectivity index (χ2n) is 15.5. The molecule has 8 aromatic rings. The van der Waals surface area contributed by atoms with Crippen LogP contribution < -0.4 is 11.2 Å². The van der Waals surface area contributed by atoms with Gasteiger partial charge in [0.25, 0.3) is 5.56 Å². The summed E-state index contributed by atoms with van der Waals surface area (Å²) in [6, 6.07) is 69.0. The summed E-state index contributed by atoms with van der Waals surface area (Å²) in [6.07, 6.45) is -2.96. The van der Waals surface area contributed by atoms with Crippen LogP contribution in [-0.2, 0) is 31.8 Å². The van der Waals surface area contributed by atoms with E-state index in [0.717, 1.165) is 38.9 Å². The van der Waals surface area contributed by atoms with Gasteiger partial charge in [0.15, 0.2) is 6.23 Å². The molecule has 1 fully saturated rings. The SMILES string of the molecule is O=c1[nH]c(=O)n([C@@H]2O[C@H](COC(c3ccccc3)(c3ccccc3)c3ccccc3)[C@@H](O)[C@H]2OC(c2ccccc2)(c2ccccc2)c2ccccc2)cc1Cc1ccccc1. The zero-order chi connectivity index (χ0) is 42.4. The lowest BCUT2D eigenvalue weighted by atomic mass is 9.79. The maximum Gasteiger partial charge on any atom is 0.330 e. The predicted octanol–water partition coefficient (Wildman–Crippen LogP) is 8.77. The molecule has 62 heavy (non-hydrogen) atoms. The van der Waals surface area contributed by atoms with Gasteiger partial charge < -0.3 is 19.3 Å². The lowest BCUT2D eigenvalue weighted by molar-refractivity contribution is -0.125. The van der Waals surface area contributed by atoms with Crippen molar-refractivity contribution in [1.29, 1.82) is 0 Å². The van der Waals surface area contributed by atoms with Gasteiger partial charge in [0.05, 0.1) is 6.61 Å². The minimum Gasteiger partial charge on any atom is -0.387 e. The highest BCUT2D eigenvalue weighted by Crippen LogP contribution is 2.47. The molecule has 7 aromatic carbocycles. The Hall–Kier alpha value is -6.94. The van der Waals surface area contributed by atoms with Crippen molar-refractivity contribution < 1.29 is 19.3 Å². The van der Waals surface area contributed by atoms with Crippen LogP contribution in [0.2, 0.25) is 0 Å². The quantitative estimate of drug-likeness (QED) is 0.107. The third-order valence-corrected chi connectivity index (χ3v) is 11.7. The molecule has 308 valence electrons. The monoisotopic (exact) mass is 818 g/mol. The van der Waals surface area contributed by atoms with Gasteiger partial charge in [-0.1, -0.05) is 212 Å². The number of nitrogens with one attached hydrogen (secondary N) is 1. The van der Waals surface area contributed by atoms with E-state index >= 15 is 0 Å². The van der Waals surface area contributed by atoms with Crippen LogP contribution in [0.1, 0.15) is 50.7 Å². The molecule has 2 N–H and O–H groups in total. The summed E-state index contributed by atoms with van der Waals surface area (Å²) >= 11 is 0. The van der Waals surface area contributed by atoms with Crippen molar-refractivity contribution in [2.24, 2.45) is 0 Å². The number of H-pyrrole nitrogens is 1. The molecule has 1 aliphatic heterocycles. The number of aliphatic hydroxyl groups is 1. The molecule has 0 amide bonds. The predicted molar refractivity (Wildman–Crippen MR) is 240 cm³/mol. The van der Waals surface area contributed by atoms with E-state index < -0.39 is 47.0 Å². The Morgan fingerprint density at radius 2 is 0.903 bits per heavy atom. The van der Waals surface area contributed by atoms with Crippen LogP contribution >= 0.6 is 0 Å². The fourth-order valence-electron chi connectivity index (χ4n) is 8.77. The first-order chi connectivity index (χ1) is 30.5. The Kier molecular flexibility index (Phi) is 11.7. The molecule has 1 saturated heterocycles. The Labute approximate surface area is 360 Å². The van der Waals surface area contributed by atoms with E-state index in [2.05, 4.69) is 4.98 Å². The lowest BCUT2D eigenvalue weighted by Crippen LogP contribution is -2.46. The molecule has 4 atom stereocenters. The minimum atomic E-state index is -1.34. The zero-order valence-corrected chi connectivity index (χ0v) is 33.9. The molecule has 2 heterocycles. The van der Waals surface area contributed by atoms with Crippen molar-refractivity contribution >= 4 is 0 Å². The van der Waals surface area contributed by atoms with Crippen molar-refractivity contribution in [3.05, 3.63) is 284 Å². The average Bonchev–Trinajstić information content (AvgIpc) is 3.64. The Morgan fingerprint density at radius 3 is 1.31 bits per heavy atom. The normalized spacial score (nSPS) is 17.8. The number of rotatable bonds is 14. The smallest absolute Gasteiger partial charge is 0.330 e. The molecule has 0 radical (unpaired) electrons. The highest BCUT2D eigenvalue weighted by molar-refractivity contribution is 5.49. The van der Waals surface area contributed by atoms with Gasteiger partial charge >= 0.3 is 5.69 Å². The fraction of sp³-hybridized carbons (Fsp3) is 0.148. The van der Waals surface area contributed by atoms with E-state index in [1.807, 2.05) is 212 Å².